The van der Waals surface area contributed by atoms with Crippen molar-refractivity contribution < 1.29 is 58.7 Å². The minimum absolute atomic E-state index is 0.164. The van der Waals surface area contributed by atoms with Crippen LogP contribution >= 0.6 is 0 Å². The normalized spacial score (nSPS) is 35.0. The third-order valence-electron chi connectivity index (χ3n) is 11.3. The maximum atomic E-state index is 13.7. The predicted octanol–water partition coefficient (Wildman–Crippen LogP) is 2.19. The zero-order chi connectivity index (χ0) is 39.9. The predicted molar refractivity (Wildman–Crippen MR) is 196 cm³/mol. The van der Waals surface area contributed by atoms with Crippen molar-refractivity contribution in [1.82, 2.24) is 10.2 Å². The molecule has 17 unspecified atom stereocenters. The van der Waals surface area contributed by atoms with E-state index >= 15 is 0 Å². The van der Waals surface area contributed by atoms with Gasteiger partial charge in [-0.15, -0.1) is 0 Å². The molecule has 6 N–H and O–H groups in total. The summed E-state index contributed by atoms with van der Waals surface area (Å²) < 4.78 is 37.2. The number of aliphatic hydroxyl groups excluding tert-OH is 4. The van der Waals surface area contributed by atoms with Crippen LogP contribution in [0.4, 0.5) is 0 Å². The molecular weight excluding hydrogens is 676 g/mol. The molecule has 14 heteroatoms. The van der Waals surface area contributed by atoms with Crippen LogP contribution in [-0.4, -0.2) is 155 Å². The number of likely N-dealkylation sites (N-methyl/N-ethyl adjacent to an activating group) is 1. The number of nitrogens with one attached hydrogen (secondary N) is 1. The summed E-state index contributed by atoms with van der Waals surface area (Å²) in [6.07, 6.45) is -7.50. The van der Waals surface area contributed by atoms with Gasteiger partial charge in [-0.25, -0.2) is 0 Å². The molecule has 0 radical (unpaired) electrons. The highest BCUT2D eigenvalue weighted by molar-refractivity contribution is 5.73. The van der Waals surface area contributed by atoms with E-state index in [-0.39, 0.29) is 43.1 Å². The van der Waals surface area contributed by atoms with Gasteiger partial charge in [0.25, 0.3) is 0 Å². The average Bonchev–Trinajstić information content (AvgIpc) is 3.06. The molecule has 0 aromatic carbocycles. The summed E-state index contributed by atoms with van der Waals surface area (Å²) in [6, 6.07) is -0.565. The van der Waals surface area contributed by atoms with E-state index in [4.69, 9.17) is 28.4 Å². The van der Waals surface area contributed by atoms with Crippen LogP contribution in [0.15, 0.2) is 0 Å². The van der Waals surface area contributed by atoms with Gasteiger partial charge >= 0.3 is 5.97 Å². The number of methoxy groups -OCH3 is 1. The second-order valence-corrected chi connectivity index (χ2v) is 16.5. The summed E-state index contributed by atoms with van der Waals surface area (Å²) in [6.45, 7) is 20.0. The zero-order valence-electron chi connectivity index (χ0n) is 34.3. The topological polar surface area (TPSA) is 189 Å². The fourth-order valence-corrected chi connectivity index (χ4v) is 7.59. The molecule has 308 valence electrons. The fourth-order valence-electron chi connectivity index (χ4n) is 7.59. The van der Waals surface area contributed by atoms with E-state index in [1.165, 1.54) is 14.0 Å². The Morgan fingerprint density at radius 1 is 1.06 bits per heavy atom. The van der Waals surface area contributed by atoms with Gasteiger partial charge in [0, 0.05) is 38.1 Å². The van der Waals surface area contributed by atoms with E-state index < -0.39 is 84.3 Å². The van der Waals surface area contributed by atoms with Gasteiger partial charge in [0.05, 0.1) is 59.8 Å². The molecule has 2 rings (SSSR count). The van der Waals surface area contributed by atoms with Gasteiger partial charge in [0.2, 0.25) is 0 Å². The van der Waals surface area contributed by atoms with E-state index in [0.717, 1.165) is 0 Å². The molecule has 18 atom stereocenters. The van der Waals surface area contributed by atoms with Crippen molar-refractivity contribution >= 4 is 5.97 Å². The van der Waals surface area contributed by atoms with Crippen molar-refractivity contribution in [1.29, 1.82) is 0 Å². The summed E-state index contributed by atoms with van der Waals surface area (Å²) >= 11 is 0. The first-order valence-electron chi connectivity index (χ1n) is 19.2. The van der Waals surface area contributed by atoms with Gasteiger partial charge in [-0.1, -0.05) is 20.8 Å². The maximum absolute atomic E-state index is 13.7. The molecule has 0 spiro atoms. The third-order valence-corrected chi connectivity index (χ3v) is 11.3. The molecule has 0 amide bonds. The monoisotopic (exact) mass is 751 g/mol. The Labute approximate surface area is 312 Å². The maximum Gasteiger partial charge on any atom is 0.311 e. The highest BCUT2D eigenvalue weighted by atomic mass is 16.7. The Morgan fingerprint density at radius 2 is 1.67 bits per heavy atom. The molecule has 2 saturated heterocycles. The van der Waals surface area contributed by atoms with Crippen LogP contribution in [0.2, 0.25) is 0 Å². The van der Waals surface area contributed by atoms with E-state index in [0.29, 0.717) is 19.4 Å². The summed E-state index contributed by atoms with van der Waals surface area (Å²) in [7, 11) is 5.28. The lowest BCUT2D eigenvalue weighted by Gasteiger charge is -2.48. The zero-order valence-corrected chi connectivity index (χ0v) is 34.3. The molecule has 0 saturated carbocycles. The molecule has 0 aliphatic carbocycles. The number of hydrogen-bond donors (Lipinski definition) is 6. The Balaban J connectivity index is 2.57. The third kappa shape index (κ3) is 12.5. The molecule has 2 aliphatic heterocycles. The average molecular weight is 751 g/mol. The molecule has 0 aromatic rings. The van der Waals surface area contributed by atoms with Crippen molar-refractivity contribution in [2.45, 2.75) is 193 Å². The number of nitrogens with zero attached hydrogens (tertiary/aromatic N) is 1. The summed E-state index contributed by atoms with van der Waals surface area (Å²) in [5, 5.41) is 58.4. The lowest BCUT2D eigenvalue weighted by Crippen LogP contribution is -2.60. The fraction of sp³-hybridized carbons (Fsp3) is 0.974. The summed E-state index contributed by atoms with van der Waals surface area (Å²) in [4.78, 5) is 15.6. The quantitative estimate of drug-likeness (QED) is 0.0994. The lowest BCUT2D eigenvalue weighted by atomic mass is 9.78. The SMILES string of the molecule is CC[C@@H](C)OC(=O)C(C)C(OC1CC(C)(OC)C(O)C(C)O1)C(C)C(OC1OC(C)CC(N(C)C)C1O)C(C)(O)CC(C)NCC(C)C(O)C(C)O. The van der Waals surface area contributed by atoms with Crippen LogP contribution in [0.1, 0.15) is 102 Å². The highest BCUT2D eigenvalue weighted by Crippen LogP contribution is 2.39. The molecular formula is C38H74N2O12. The van der Waals surface area contributed by atoms with Crippen molar-refractivity contribution in [3.63, 3.8) is 0 Å². The van der Waals surface area contributed by atoms with Crippen LogP contribution in [-0.2, 0) is 33.2 Å². The number of carbonyl (C=O) groups excluding carboxylic acids is 1. The standard InChI is InChI=1S/C38H74N2O12/c1-15-22(4)48-35(45)25(7)32(51-29-18-38(11,47-14)33(44)27(9)50-29)24(6)34(52-36-31(43)28(40(12)13)16-23(5)49-36)37(10,46)17-21(3)39-19-20(2)30(42)26(8)41/h20-34,36,39,41-44,46H,15-19H2,1-14H3/t20?,21?,22-,23?,24?,25?,26?,27?,28?,29?,30?,31?,32?,33?,34?,36?,37?,38?/m1/s1. The van der Waals surface area contributed by atoms with Gasteiger partial charge in [-0.2, -0.15) is 0 Å². The Morgan fingerprint density at radius 3 is 2.21 bits per heavy atom. The molecule has 0 aromatic heterocycles. The van der Waals surface area contributed by atoms with E-state index in [2.05, 4.69) is 5.32 Å². The molecule has 2 heterocycles. The smallest absolute Gasteiger partial charge is 0.311 e. The van der Waals surface area contributed by atoms with Gasteiger partial charge in [-0.3, -0.25) is 4.79 Å². The van der Waals surface area contributed by atoms with Crippen LogP contribution in [0.3, 0.4) is 0 Å². The van der Waals surface area contributed by atoms with Crippen molar-refractivity contribution in [3.8, 4) is 0 Å². The number of hydrogen-bond acceptors (Lipinski definition) is 14. The first kappa shape index (κ1) is 47.1. The number of ether oxygens (including phenoxy) is 6. The molecule has 2 fully saturated rings. The lowest BCUT2D eigenvalue weighted by molar-refractivity contribution is -0.317. The van der Waals surface area contributed by atoms with E-state index in [9.17, 15) is 30.3 Å². The number of aliphatic hydroxyl groups is 5. The number of esters is 1. The van der Waals surface area contributed by atoms with Gasteiger partial charge in [0.15, 0.2) is 12.6 Å². The van der Waals surface area contributed by atoms with Crippen LogP contribution < -0.4 is 5.32 Å². The first-order chi connectivity index (χ1) is 24.0. The minimum atomic E-state index is -1.59. The molecule has 2 aliphatic rings. The Bertz CT molecular complexity index is 1070. The Hall–Kier alpha value is -1.01. The van der Waals surface area contributed by atoms with Crippen molar-refractivity contribution in [2.75, 3.05) is 27.7 Å². The number of carbonyl (C=O) groups is 1. The summed E-state index contributed by atoms with van der Waals surface area (Å²) in [5.74, 6) is -2.32. The second kappa shape index (κ2) is 20.2. The van der Waals surface area contributed by atoms with Crippen molar-refractivity contribution in [3.05, 3.63) is 0 Å². The van der Waals surface area contributed by atoms with Crippen LogP contribution in [0.5, 0.6) is 0 Å². The second-order valence-electron chi connectivity index (χ2n) is 16.5. The first-order valence-corrected chi connectivity index (χ1v) is 19.2. The van der Waals surface area contributed by atoms with Gasteiger partial charge in [0.1, 0.15) is 12.2 Å². The van der Waals surface area contributed by atoms with E-state index in [1.807, 2.05) is 60.5 Å². The van der Waals surface area contributed by atoms with E-state index in [1.54, 1.807) is 27.7 Å². The minimum Gasteiger partial charge on any atom is -0.462 e. The summed E-state index contributed by atoms with van der Waals surface area (Å²) in [5.41, 5.74) is -2.58. The molecule has 14 nitrogen and oxygen atoms in total. The van der Waals surface area contributed by atoms with Crippen LogP contribution in [0.25, 0.3) is 0 Å². The Kier molecular flexibility index (Phi) is 18.4. The molecule has 0 bridgehead atoms. The van der Waals surface area contributed by atoms with Gasteiger partial charge in [-0.05, 0) is 94.7 Å². The highest BCUT2D eigenvalue weighted by Gasteiger charge is 2.51. The van der Waals surface area contributed by atoms with Crippen LogP contribution in [0, 0.1) is 17.8 Å². The van der Waals surface area contributed by atoms with Gasteiger partial charge < -0.3 is 64.2 Å². The number of rotatable bonds is 20. The largest absolute Gasteiger partial charge is 0.462 e. The molecule has 52 heavy (non-hydrogen) atoms. The van der Waals surface area contributed by atoms with Crippen molar-refractivity contribution in [2.24, 2.45) is 17.8 Å².